The molecule has 1 aliphatic rings. The van der Waals surface area contributed by atoms with Crippen LogP contribution in [-0.2, 0) is 6.67 Å². The Kier molecular flexibility index (Phi) is 4.86. The van der Waals surface area contributed by atoms with E-state index in [1.54, 1.807) is 6.07 Å². The number of hydrogen-bond acceptors (Lipinski definition) is 4. The van der Waals surface area contributed by atoms with Crippen LogP contribution in [0.2, 0.25) is 0 Å². The Balaban J connectivity index is 1.82. The molecule has 0 bridgehead atoms. The van der Waals surface area contributed by atoms with Crippen LogP contribution in [-0.4, -0.2) is 37.4 Å². The number of hydrogen-bond donors (Lipinski definition) is 1. The number of para-hydroxylation sites is 2. The largest absolute Gasteiger partial charge is 0.507 e. The average molecular weight is 366 g/mol. The maximum Gasteiger partial charge on any atom is 0.204 e. The number of likely N-dealkylation sites (tertiary alicyclic amines) is 1. The van der Waals surface area contributed by atoms with Gasteiger partial charge in [0.15, 0.2) is 5.82 Å². The first-order valence-corrected chi connectivity index (χ1v) is 9.41. The molecule has 2 heterocycles. The molecule has 1 fully saturated rings. The maximum atomic E-state index is 10.3. The molecule has 1 aliphatic heterocycles. The second-order valence-electron chi connectivity index (χ2n) is 6.61. The van der Waals surface area contributed by atoms with Gasteiger partial charge in [-0.3, -0.25) is 9.47 Å². The van der Waals surface area contributed by atoms with Gasteiger partial charge in [-0.05, 0) is 62.4 Å². The van der Waals surface area contributed by atoms with Crippen LogP contribution in [0.15, 0.2) is 54.6 Å². The summed E-state index contributed by atoms with van der Waals surface area (Å²) in [7, 11) is 0. The molecule has 5 nitrogen and oxygen atoms in total. The standard InChI is InChI=1S/C20H22N4OS/c25-18-12-6-5-11-17(18)19-21-23(15-22-13-7-2-8-14-22)20(26)24(19)16-9-3-1-4-10-16/h1,3-6,9-12,25H,2,7-8,13-15H2. The zero-order chi connectivity index (χ0) is 17.9. The smallest absolute Gasteiger partial charge is 0.204 e. The summed E-state index contributed by atoms with van der Waals surface area (Å²) < 4.78 is 4.45. The number of aromatic nitrogens is 3. The molecule has 0 aliphatic carbocycles. The fourth-order valence-electron chi connectivity index (χ4n) is 3.44. The van der Waals surface area contributed by atoms with E-state index in [0.717, 1.165) is 18.8 Å². The van der Waals surface area contributed by atoms with Gasteiger partial charge in [-0.2, -0.15) is 0 Å². The third-order valence-electron chi connectivity index (χ3n) is 4.78. The summed E-state index contributed by atoms with van der Waals surface area (Å²) >= 11 is 5.76. The molecule has 6 heteroatoms. The summed E-state index contributed by atoms with van der Waals surface area (Å²) in [5, 5.41) is 15.1. The minimum atomic E-state index is 0.204. The van der Waals surface area contributed by atoms with Crippen molar-refractivity contribution in [3.63, 3.8) is 0 Å². The van der Waals surface area contributed by atoms with Gasteiger partial charge in [0.25, 0.3) is 0 Å². The SMILES string of the molecule is Oc1ccccc1-c1nn(CN2CCCCC2)c(=S)n1-c1ccccc1. The zero-order valence-electron chi connectivity index (χ0n) is 14.6. The van der Waals surface area contributed by atoms with Crippen LogP contribution in [0, 0.1) is 4.77 Å². The van der Waals surface area contributed by atoms with E-state index >= 15 is 0 Å². The van der Waals surface area contributed by atoms with E-state index in [4.69, 9.17) is 17.3 Å². The van der Waals surface area contributed by atoms with Crippen LogP contribution in [0.3, 0.4) is 0 Å². The first-order chi connectivity index (χ1) is 12.7. The fourth-order valence-corrected chi connectivity index (χ4v) is 3.73. The molecule has 0 spiro atoms. The molecule has 4 rings (SSSR count). The van der Waals surface area contributed by atoms with Crippen LogP contribution in [0.4, 0.5) is 0 Å². The highest BCUT2D eigenvalue weighted by atomic mass is 32.1. The number of benzene rings is 2. The van der Waals surface area contributed by atoms with Gasteiger partial charge in [0.05, 0.1) is 12.2 Å². The monoisotopic (exact) mass is 366 g/mol. The number of rotatable bonds is 4. The highest BCUT2D eigenvalue weighted by Crippen LogP contribution is 2.30. The van der Waals surface area contributed by atoms with Crippen molar-refractivity contribution in [2.24, 2.45) is 0 Å². The van der Waals surface area contributed by atoms with E-state index in [1.807, 2.05) is 57.8 Å². The molecule has 2 aromatic carbocycles. The molecule has 1 aromatic heterocycles. The van der Waals surface area contributed by atoms with Gasteiger partial charge in [0, 0.05) is 5.69 Å². The number of nitrogens with zero attached hydrogens (tertiary/aromatic N) is 4. The van der Waals surface area contributed by atoms with Crippen molar-refractivity contribution in [1.82, 2.24) is 19.2 Å². The quantitative estimate of drug-likeness (QED) is 0.702. The molecule has 0 saturated carbocycles. The molecule has 26 heavy (non-hydrogen) atoms. The van der Waals surface area contributed by atoms with Gasteiger partial charge < -0.3 is 5.11 Å². The number of piperidine rings is 1. The van der Waals surface area contributed by atoms with E-state index in [9.17, 15) is 5.11 Å². The van der Waals surface area contributed by atoms with Gasteiger partial charge >= 0.3 is 0 Å². The van der Waals surface area contributed by atoms with Crippen molar-refractivity contribution in [3.8, 4) is 22.8 Å². The second kappa shape index (κ2) is 7.43. The summed E-state index contributed by atoms with van der Waals surface area (Å²) in [6, 6.07) is 17.2. The summed E-state index contributed by atoms with van der Waals surface area (Å²) in [6.45, 7) is 2.83. The Labute approximate surface area is 158 Å². The average Bonchev–Trinajstić information content (AvgIpc) is 3.00. The third-order valence-corrected chi connectivity index (χ3v) is 5.17. The lowest BCUT2D eigenvalue weighted by atomic mass is 10.1. The minimum Gasteiger partial charge on any atom is -0.507 e. The lowest BCUT2D eigenvalue weighted by molar-refractivity contribution is 0.172. The second-order valence-corrected chi connectivity index (χ2v) is 6.98. The van der Waals surface area contributed by atoms with Crippen LogP contribution < -0.4 is 0 Å². The Morgan fingerprint density at radius 2 is 1.62 bits per heavy atom. The Bertz CT molecular complexity index is 942. The first-order valence-electron chi connectivity index (χ1n) is 9.00. The van der Waals surface area contributed by atoms with E-state index < -0.39 is 0 Å². The third kappa shape index (κ3) is 3.30. The van der Waals surface area contributed by atoms with Crippen molar-refractivity contribution in [2.45, 2.75) is 25.9 Å². The lowest BCUT2D eigenvalue weighted by Crippen LogP contribution is -2.32. The normalized spacial score (nSPS) is 15.2. The summed E-state index contributed by atoms with van der Waals surface area (Å²) in [5.74, 6) is 0.867. The Morgan fingerprint density at radius 3 is 2.35 bits per heavy atom. The van der Waals surface area contributed by atoms with Crippen LogP contribution in [0.1, 0.15) is 19.3 Å². The molecular formula is C20H22N4OS. The molecule has 0 amide bonds. The molecular weight excluding hydrogens is 344 g/mol. The van der Waals surface area contributed by atoms with Crippen molar-refractivity contribution in [3.05, 3.63) is 59.4 Å². The predicted octanol–water partition coefficient (Wildman–Crippen LogP) is 4.22. The molecule has 134 valence electrons. The summed E-state index contributed by atoms with van der Waals surface area (Å²) in [6.07, 6.45) is 3.74. The highest BCUT2D eigenvalue weighted by Gasteiger charge is 2.19. The first kappa shape index (κ1) is 17.0. The van der Waals surface area contributed by atoms with Crippen molar-refractivity contribution >= 4 is 12.2 Å². The fraction of sp³-hybridized carbons (Fsp3) is 0.300. The molecule has 0 unspecified atom stereocenters. The predicted molar refractivity (Wildman–Crippen MR) is 105 cm³/mol. The maximum absolute atomic E-state index is 10.3. The van der Waals surface area contributed by atoms with Gasteiger partial charge in [0.2, 0.25) is 4.77 Å². The van der Waals surface area contributed by atoms with Crippen LogP contribution >= 0.6 is 12.2 Å². The van der Waals surface area contributed by atoms with Gasteiger partial charge in [-0.1, -0.05) is 36.8 Å². The Hall–Kier alpha value is -2.44. The number of phenolic OH excluding ortho intramolecular Hbond substituents is 1. The van der Waals surface area contributed by atoms with Crippen LogP contribution in [0.5, 0.6) is 5.75 Å². The minimum absolute atomic E-state index is 0.204. The molecule has 0 radical (unpaired) electrons. The highest BCUT2D eigenvalue weighted by molar-refractivity contribution is 7.71. The Morgan fingerprint density at radius 1 is 0.923 bits per heavy atom. The molecule has 1 saturated heterocycles. The van der Waals surface area contributed by atoms with Crippen molar-refractivity contribution in [2.75, 3.05) is 13.1 Å². The van der Waals surface area contributed by atoms with E-state index in [0.29, 0.717) is 22.8 Å². The van der Waals surface area contributed by atoms with Gasteiger partial charge in [-0.15, -0.1) is 5.10 Å². The van der Waals surface area contributed by atoms with E-state index in [2.05, 4.69) is 4.90 Å². The summed E-state index contributed by atoms with van der Waals surface area (Å²) in [4.78, 5) is 2.39. The van der Waals surface area contributed by atoms with E-state index in [1.165, 1.54) is 19.3 Å². The molecule has 0 atom stereocenters. The lowest BCUT2D eigenvalue weighted by Gasteiger charge is -2.25. The molecule has 3 aromatic rings. The summed E-state index contributed by atoms with van der Waals surface area (Å²) in [5.41, 5.74) is 1.63. The van der Waals surface area contributed by atoms with Crippen LogP contribution in [0.25, 0.3) is 17.1 Å². The van der Waals surface area contributed by atoms with Crippen molar-refractivity contribution < 1.29 is 5.11 Å². The van der Waals surface area contributed by atoms with E-state index in [-0.39, 0.29) is 5.75 Å². The topological polar surface area (TPSA) is 46.2 Å². The van der Waals surface area contributed by atoms with Gasteiger partial charge in [-0.25, -0.2) is 4.68 Å². The number of aromatic hydroxyl groups is 1. The van der Waals surface area contributed by atoms with Crippen molar-refractivity contribution in [1.29, 1.82) is 0 Å². The number of phenols is 1. The molecule has 1 N–H and O–H groups in total. The van der Waals surface area contributed by atoms with Gasteiger partial charge in [0.1, 0.15) is 5.75 Å². The zero-order valence-corrected chi connectivity index (χ0v) is 15.4.